The number of carbonyl (C=O) groups excluding carboxylic acids is 1. The molecule has 0 atom stereocenters. The van der Waals surface area contributed by atoms with Gasteiger partial charge in [0.25, 0.3) is 0 Å². The third kappa shape index (κ3) is 4.40. The fourth-order valence-corrected chi connectivity index (χ4v) is 2.65. The van der Waals surface area contributed by atoms with E-state index in [2.05, 4.69) is 10.1 Å². The molecule has 0 radical (unpaired) electrons. The SMILES string of the molecule is CC(C)(C)OC(=O)c1ccc(-n2ccc(OCC3(C(F)(F)F)CC3)n2)nc1Cl. The molecule has 1 saturated carbocycles. The van der Waals surface area contributed by atoms with Crippen LogP contribution in [0.25, 0.3) is 5.82 Å². The summed E-state index contributed by atoms with van der Waals surface area (Å²) in [5.41, 5.74) is -2.35. The van der Waals surface area contributed by atoms with Crippen LogP contribution in [0.2, 0.25) is 5.15 Å². The van der Waals surface area contributed by atoms with Crippen LogP contribution in [0.4, 0.5) is 13.2 Å². The van der Waals surface area contributed by atoms with Crippen molar-refractivity contribution in [3.63, 3.8) is 0 Å². The second kappa shape index (κ2) is 6.95. The summed E-state index contributed by atoms with van der Waals surface area (Å²) in [6.45, 7) is 4.72. The Labute approximate surface area is 164 Å². The van der Waals surface area contributed by atoms with Crippen molar-refractivity contribution < 1.29 is 27.4 Å². The zero-order chi connectivity index (χ0) is 20.7. The van der Waals surface area contributed by atoms with Crippen LogP contribution in [0, 0.1) is 5.41 Å². The van der Waals surface area contributed by atoms with E-state index in [0.717, 1.165) is 0 Å². The number of pyridine rings is 1. The molecule has 0 bridgehead atoms. The first-order chi connectivity index (χ1) is 12.9. The number of esters is 1. The molecule has 0 unspecified atom stereocenters. The number of hydrogen-bond acceptors (Lipinski definition) is 5. The van der Waals surface area contributed by atoms with Gasteiger partial charge in [0, 0.05) is 12.3 Å². The third-order valence-electron chi connectivity index (χ3n) is 4.20. The van der Waals surface area contributed by atoms with Crippen LogP contribution in [0.3, 0.4) is 0 Å². The second-order valence-electron chi connectivity index (χ2n) is 7.68. The summed E-state index contributed by atoms with van der Waals surface area (Å²) in [4.78, 5) is 16.2. The number of aromatic nitrogens is 3. The van der Waals surface area contributed by atoms with Gasteiger partial charge in [0.15, 0.2) is 5.82 Å². The summed E-state index contributed by atoms with van der Waals surface area (Å²) < 4.78 is 50.6. The Bertz CT molecular complexity index is 886. The molecule has 0 aromatic carbocycles. The van der Waals surface area contributed by atoms with Crippen LogP contribution in [-0.2, 0) is 4.74 Å². The number of ether oxygens (including phenoxy) is 2. The molecule has 0 aliphatic heterocycles. The molecule has 0 amide bonds. The molecular formula is C18H19ClF3N3O3. The number of carbonyl (C=O) groups is 1. The first-order valence-electron chi connectivity index (χ1n) is 8.56. The van der Waals surface area contributed by atoms with Crippen molar-refractivity contribution in [2.75, 3.05) is 6.61 Å². The third-order valence-corrected chi connectivity index (χ3v) is 4.49. The van der Waals surface area contributed by atoms with Gasteiger partial charge in [-0.05, 0) is 45.7 Å². The second-order valence-corrected chi connectivity index (χ2v) is 8.03. The standard InChI is InChI=1S/C18H19ClF3N3O3/c1-16(2,3)28-15(26)11-4-5-12(23-14(11)19)25-9-6-13(24-25)27-10-17(7-8-17)18(20,21)22/h4-6,9H,7-8,10H2,1-3H3. The lowest BCUT2D eigenvalue weighted by Crippen LogP contribution is -2.30. The lowest BCUT2D eigenvalue weighted by Gasteiger charge is -2.19. The van der Waals surface area contributed by atoms with Crippen molar-refractivity contribution in [1.29, 1.82) is 0 Å². The summed E-state index contributed by atoms with van der Waals surface area (Å²) in [6.07, 6.45) is -2.70. The molecule has 2 aromatic heterocycles. The molecule has 1 aliphatic rings. The van der Waals surface area contributed by atoms with Crippen LogP contribution in [0.15, 0.2) is 24.4 Å². The highest BCUT2D eigenvalue weighted by Gasteiger charge is 2.64. The highest BCUT2D eigenvalue weighted by atomic mass is 35.5. The van der Waals surface area contributed by atoms with E-state index in [9.17, 15) is 18.0 Å². The molecule has 2 aromatic rings. The molecule has 10 heteroatoms. The fraction of sp³-hybridized carbons (Fsp3) is 0.500. The fourth-order valence-electron chi connectivity index (χ4n) is 2.42. The monoisotopic (exact) mass is 417 g/mol. The first-order valence-corrected chi connectivity index (χ1v) is 8.94. The summed E-state index contributed by atoms with van der Waals surface area (Å²) >= 11 is 6.08. The maximum absolute atomic E-state index is 13.0. The summed E-state index contributed by atoms with van der Waals surface area (Å²) in [7, 11) is 0. The topological polar surface area (TPSA) is 66.2 Å². The molecule has 0 N–H and O–H groups in total. The number of nitrogens with zero attached hydrogens (tertiary/aromatic N) is 3. The van der Waals surface area contributed by atoms with Crippen LogP contribution < -0.4 is 4.74 Å². The minimum atomic E-state index is -4.29. The average molecular weight is 418 g/mol. The average Bonchev–Trinajstić information content (AvgIpc) is 3.22. The predicted molar refractivity (Wildman–Crippen MR) is 94.8 cm³/mol. The molecule has 1 fully saturated rings. The van der Waals surface area contributed by atoms with Gasteiger partial charge in [-0.3, -0.25) is 0 Å². The summed E-state index contributed by atoms with van der Waals surface area (Å²) in [6, 6.07) is 4.38. The molecule has 1 aliphatic carbocycles. The lowest BCUT2D eigenvalue weighted by atomic mass is 10.1. The molecular weight excluding hydrogens is 399 g/mol. The molecule has 3 rings (SSSR count). The maximum Gasteiger partial charge on any atom is 0.397 e. The van der Waals surface area contributed by atoms with Crippen LogP contribution in [0.5, 0.6) is 5.88 Å². The van der Waals surface area contributed by atoms with Gasteiger partial charge in [-0.1, -0.05) is 11.6 Å². The zero-order valence-corrected chi connectivity index (χ0v) is 16.3. The Kier molecular flexibility index (Phi) is 5.07. The van der Waals surface area contributed by atoms with Crippen molar-refractivity contribution in [1.82, 2.24) is 14.8 Å². The smallest absolute Gasteiger partial charge is 0.397 e. The Morgan fingerprint density at radius 3 is 2.46 bits per heavy atom. The Hall–Kier alpha value is -2.29. The Morgan fingerprint density at radius 2 is 1.93 bits per heavy atom. The normalized spacial score (nSPS) is 16.0. The van der Waals surface area contributed by atoms with Crippen molar-refractivity contribution in [3.8, 4) is 11.7 Å². The van der Waals surface area contributed by atoms with E-state index >= 15 is 0 Å². The van der Waals surface area contributed by atoms with Gasteiger partial charge in [0.2, 0.25) is 5.88 Å². The highest BCUT2D eigenvalue weighted by molar-refractivity contribution is 6.32. The number of alkyl halides is 3. The first kappa shape index (κ1) is 20.4. The van der Waals surface area contributed by atoms with E-state index in [4.69, 9.17) is 21.1 Å². The minimum absolute atomic E-state index is 0.0460. The number of hydrogen-bond donors (Lipinski definition) is 0. The highest BCUT2D eigenvalue weighted by Crippen LogP contribution is 2.57. The van der Waals surface area contributed by atoms with Gasteiger partial charge < -0.3 is 9.47 Å². The summed E-state index contributed by atoms with van der Waals surface area (Å²) in [5.74, 6) is -0.281. The van der Waals surface area contributed by atoms with Crippen molar-refractivity contribution in [3.05, 3.63) is 35.1 Å². The Morgan fingerprint density at radius 1 is 1.25 bits per heavy atom. The van der Waals surface area contributed by atoms with E-state index in [1.807, 2.05) is 0 Å². The minimum Gasteiger partial charge on any atom is -0.476 e. The predicted octanol–water partition coefficient (Wildman–Crippen LogP) is 4.60. The molecule has 28 heavy (non-hydrogen) atoms. The van der Waals surface area contributed by atoms with E-state index in [0.29, 0.717) is 0 Å². The van der Waals surface area contributed by atoms with Crippen LogP contribution in [-0.4, -0.2) is 39.1 Å². The van der Waals surface area contributed by atoms with Crippen molar-refractivity contribution in [2.24, 2.45) is 5.41 Å². The molecule has 152 valence electrons. The maximum atomic E-state index is 13.0. The van der Waals surface area contributed by atoms with Gasteiger partial charge >= 0.3 is 12.1 Å². The van der Waals surface area contributed by atoms with Crippen LogP contribution >= 0.6 is 11.6 Å². The van der Waals surface area contributed by atoms with Crippen molar-refractivity contribution >= 4 is 17.6 Å². The van der Waals surface area contributed by atoms with Crippen molar-refractivity contribution in [2.45, 2.75) is 45.4 Å². The number of halogens is 4. The lowest BCUT2D eigenvalue weighted by molar-refractivity contribution is -0.194. The van der Waals surface area contributed by atoms with E-state index in [1.54, 1.807) is 20.8 Å². The van der Waals surface area contributed by atoms with E-state index < -0.39 is 29.8 Å². The van der Waals surface area contributed by atoms with Crippen LogP contribution in [0.1, 0.15) is 44.0 Å². The van der Waals surface area contributed by atoms with Gasteiger partial charge in [0.05, 0.1) is 5.56 Å². The van der Waals surface area contributed by atoms with Gasteiger partial charge in [-0.15, -0.1) is 5.10 Å². The van der Waals surface area contributed by atoms with Gasteiger partial charge in [0.1, 0.15) is 22.8 Å². The quantitative estimate of drug-likeness (QED) is 0.525. The van der Waals surface area contributed by atoms with Gasteiger partial charge in [-0.25, -0.2) is 14.5 Å². The molecule has 2 heterocycles. The van der Waals surface area contributed by atoms with Gasteiger partial charge in [-0.2, -0.15) is 13.2 Å². The summed E-state index contributed by atoms with van der Waals surface area (Å²) in [5, 5.41) is 3.99. The molecule has 0 spiro atoms. The number of rotatable bonds is 5. The van der Waals surface area contributed by atoms with E-state index in [1.165, 1.54) is 29.1 Å². The van der Waals surface area contributed by atoms with E-state index in [-0.39, 0.29) is 35.3 Å². The largest absolute Gasteiger partial charge is 0.476 e. The molecule has 6 nitrogen and oxygen atoms in total. The molecule has 0 saturated heterocycles. The zero-order valence-electron chi connectivity index (χ0n) is 15.5. The Balaban J connectivity index is 1.70.